The second kappa shape index (κ2) is 2.47. The Morgan fingerprint density at radius 1 is 0.800 bits per heavy atom. The molecule has 2 aromatic heterocycles. The Morgan fingerprint density at radius 2 is 1.47 bits per heavy atom. The van der Waals surface area contributed by atoms with Crippen LogP contribution in [-0.2, 0) is 0 Å². The minimum absolute atomic E-state index is 1.29. The lowest BCUT2D eigenvalue weighted by atomic mass is 10.0. The molecule has 4 heterocycles. The van der Waals surface area contributed by atoms with Crippen molar-refractivity contribution in [3.63, 3.8) is 0 Å². The molecule has 4 bridgehead atoms. The SMILES string of the molecule is c1cc2c3sc(c2cn1)-c1ccc-3cc1. The summed E-state index contributed by atoms with van der Waals surface area (Å²) < 4.78 is 0. The summed E-state index contributed by atoms with van der Waals surface area (Å²) in [5, 5.41) is 2.63. The Bertz CT molecular complexity index is 608. The number of nitrogens with zero attached hydrogens (tertiary/aromatic N) is 1. The van der Waals surface area contributed by atoms with Gasteiger partial charge in [-0.05, 0) is 17.2 Å². The second-order valence-electron chi connectivity index (χ2n) is 3.76. The van der Waals surface area contributed by atoms with Gasteiger partial charge in [-0.25, -0.2) is 0 Å². The summed E-state index contributed by atoms with van der Waals surface area (Å²) in [5.41, 5.74) is 2.63. The van der Waals surface area contributed by atoms with E-state index in [0.29, 0.717) is 0 Å². The van der Waals surface area contributed by atoms with Gasteiger partial charge < -0.3 is 0 Å². The van der Waals surface area contributed by atoms with E-state index in [1.165, 1.54) is 31.7 Å². The summed E-state index contributed by atoms with van der Waals surface area (Å²) in [6.07, 6.45) is 3.84. The smallest absolute Gasteiger partial charge is 0.0443 e. The molecular formula is C13H7NS. The van der Waals surface area contributed by atoms with Crippen molar-refractivity contribution in [1.29, 1.82) is 0 Å². The maximum atomic E-state index is 4.21. The summed E-state index contributed by atoms with van der Waals surface area (Å²) in [5.74, 6) is 0. The van der Waals surface area contributed by atoms with Gasteiger partial charge in [-0.2, -0.15) is 0 Å². The third-order valence-corrected chi connectivity index (χ3v) is 4.24. The van der Waals surface area contributed by atoms with Crippen molar-refractivity contribution < 1.29 is 0 Å². The topological polar surface area (TPSA) is 12.9 Å². The first kappa shape index (κ1) is 7.60. The van der Waals surface area contributed by atoms with Crippen LogP contribution < -0.4 is 0 Å². The fourth-order valence-electron chi connectivity index (χ4n) is 2.19. The summed E-state index contributed by atoms with van der Waals surface area (Å²) in [4.78, 5) is 6.94. The molecule has 0 fully saturated rings. The highest BCUT2D eigenvalue weighted by Gasteiger charge is 2.17. The molecule has 1 nitrogen and oxygen atoms in total. The normalized spacial score (nSPS) is 12.0. The standard InChI is InChI=1S/C13H7NS/c1-3-9-4-2-8(1)12-10-5-6-14-7-11(10)13(9)15-12/h1-7H. The number of hydrogen-bond acceptors (Lipinski definition) is 2. The first-order valence-electron chi connectivity index (χ1n) is 4.91. The van der Waals surface area contributed by atoms with E-state index in [1.54, 1.807) is 0 Å². The van der Waals surface area contributed by atoms with Crippen LogP contribution in [0.4, 0.5) is 0 Å². The lowest BCUT2D eigenvalue weighted by molar-refractivity contribution is 1.37. The molecule has 0 saturated carbocycles. The Hall–Kier alpha value is -1.67. The van der Waals surface area contributed by atoms with Crippen molar-refractivity contribution in [2.24, 2.45) is 0 Å². The number of pyridine rings is 1. The third-order valence-electron chi connectivity index (χ3n) is 2.92. The average molecular weight is 209 g/mol. The van der Waals surface area contributed by atoms with Crippen LogP contribution in [0.2, 0.25) is 0 Å². The molecule has 3 aromatic rings. The zero-order chi connectivity index (χ0) is 9.83. The van der Waals surface area contributed by atoms with Crippen LogP contribution in [0.5, 0.6) is 0 Å². The van der Waals surface area contributed by atoms with Crippen molar-refractivity contribution >= 4 is 22.1 Å². The Kier molecular flexibility index (Phi) is 1.25. The van der Waals surface area contributed by atoms with Gasteiger partial charge >= 0.3 is 0 Å². The minimum Gasteiger partial charge on any atom is -0.264 e. The highest BCUT2D eigenvalue weighted by molar-refractivity contribution is 7.21. The Balaban J connectivity index is 2.33. The monoisotopic (exact) mass is 209 g/mol. The number of thiophene rings is 1. The van der Waals surface area contributed by atoms with Gasteiger partial charge in [-0.15, -0.1) is 11.3 Å². The van der Waals surface area contributed by atoms with Crippen molar-refractivity contribution in [1.82, 2.24) is 4.98 Å². The van der Waals surface area contributed by atoms with E-state index in [4.69, 9.17) is 0 Å². The molecule has 0 atom stereocenters. The Morgan fingerprint density at radius 3 is 2.20 bits per heavy atom. The number of aromatic nitrogens is 1. The fraction of sp³-hybridized carbons (Fsp3) is 0. The largest absolute Gasteiger partial charge is 0.264 e. The van der Waals surface area contributed by atoms with Crippen LogP contribution in [0.15, 0.2) is 42.7 Å². The van der Waals surface area contributed by atoms with Crippen LogP contribution in [0.3, 0.4) is 0 Å². The number of hydrogen-bond donors (Lipinski definition) is 0. The van der Waals surface area contributed by atoms with E-state index in [9.17, 15) is 0 Å². The molecule has 0 saturated heterocycles. The van der Waals surface area contributed by atoms with Gasteiger partial charge in [-0.1, -0.05) is 24.3 Å². The third kappa shape index (κ3) is 0.851. The van der Waals surface area contributed by atoms with Crippen LogP contribution in [0.1, 0.15) is 0 Å². The predicted octanol–water partition coefficient (Wildman–Crippen LogP) is 3.94. The second-order valence-corrected chi connectivity index (χ2v) is 4.78. The van der Waals surface area contributed by atoms with Gasteiger partial charge in [0.25, 0.3) is 0 Å². The summed E-state index contributed by atoms with van der Waals surface area (Å²) in [6.45, 7) is 0. The lowest BCUT2D eigenvalue weighted by Crippen LogP contribution is -1.79. The molecule has 0 spiro atoms. The van der Waals surface area contributed by atoms with Gasteiger partial charge in [0, 0.05) is 32.9 Å². The molecule has 0 N–H and O–H groups in total. The minimum atomic E-state index is 1.29. The van der Waals surface area contributed by atoms with Crippen molar-refractivity contribution in [2.75, 3.05) is 0 Å². The van der Waals surface area contributed by atoms with E-state index in [2.05, 4.69) is 35.3 Å². The summed E-state index contributed by atoms with van der Waals surface area (Å²) in [7, 11) is 0. The molecule has 15 heavy (non-hydrogen) atoms. The van der Waals surface area contributed by atoms with Gasteiger partial charge in [0.15, 0.2) is 0 Å². The van der Waals surface area contributed by atoms with Gasteiger partial charge in [-0.3, -0.25) is 4.98 Å². The molecule has 0 unspecified atom stereocenters. The molecule has 0 radical (unpaired) electrons. The molecule has 5 rings (SSSR count). The molecule has 2 aliphatic heterocycles. The molecule has 0 amide bonds. The van der Waals surface area contributed by atoms with Gasteiger partial charge in [0.1, 0.15) is 0 Å². The van der Waals surface area contributed by atoms with E-state index < -0.39 is 0 Å². The first-order chi connectivity index (χ1) is 7.43. The maximum Gasteiger partial charge on any atom is 0.0443 e. The maximum absolute atomic E-state index is 4.21. The van der Waals surface area contributed by atoms with E-state index in [-0.39, 0.29) is 0 Å². The summed E-state index contributed by atoms with van der Waals surface area (Å²) >= 11 is 1.87. The number of fused-ring (bicyclic) bond motifs is 3. The van der Waals surface area contributed by atoms with Gasteiger partial charge in [0.2, 0.25) is 0 Å². The highest BCUT2D eigenvalue weighted by Crippen LogP contribution is 2.46. The Labute approximate surface area is 91.0 Å². The van der Waals surface area contributed by atoms with Crippen LogP contribution in [-0.4, -0.2) is 4.98 Å². The average Bonchev–Trinajstić information content (AvgIpc) is 2.46. The lowest BCUT2D eigenvalue weighted by Gasteiger charge is -2.02. The molecule has 0 aliphatic carbocycles. The van der Waals surface area contributed by atoms with E-state index in [0.717, 1.165) is 0 Å². The molecule has 1 aromatic carbocycles. The van der Waals surface area contributed by atoms with Crippen molar-refractivity contribution in [3.8, 4) is 20.9 Å². The van der Waals surface area contributed by atoms with Crippen LogP contribution in [0, 0.1) is 0 Å². The number of benzene rings is 1. The van der Waals surface area contributed by atoms with Crippen molar-refractivity contribution in [3.05, 3.63) is 42.7 Å². The van der Waals surface area contributed by atoms with Crippen LogP contribution in [0.25, 0.3) is 31.7 Å². The molecular weight excluding hydrogens is 202 g/mol. The van der Waals surface area contributed by atoms with Crippen molar-refractivity contribution in [2.45, 2.75) is 0 Å². The molecule has 2 heteroatoms. The quantitative estimate of drug-likeness (QED) is 0.427. The van der Waals surface area contributed by atoms with E-state index >= 15 is 0 Å². The van der Waals surface area contributed by atoms with Crippen LogP contribution >= 0.6 is 11.3 Å². The summed E-state index contributed by atoms with van der Waals surface area (Å²) in [6, 6.07) is 10.9. The molecule has 70 valence electrons. The molecule has 2 aliphatic rings. The zero-order valence-electron chi connectivity index (χ0n) is 7.90. The zero-order valence-corrected chi connectivity index (χ0v) is 8.71. The fourth-order valence-corrected chi connectivity index (χ4v) is 3.46. The van der Waals surface area contributed by atoms with Gasteiger partial charge in [0.05, 0.1) is 0 Å². The first-order valence-corrected chi connectivity index (χ1v) is 5.72. The highest BCUT2D eigenvalue weighted by atomic mass is 32.1. The number of rotatable bonds is 0. The van der Waals surface area contributed by atoms with E-state index in [1.807, 2.05) is 23.7 Å². The predicted molar refractivity (Wildman–Crippen MR) is 64.1 cm³/mol.